The third-order valence-electron chi connectivity index (χ3n) is 2.29. The molecule has 0 atom stereocenters. The van der Waals surface area contributed by atoms with Gasteiger partial charge in [-0.1, -0.05) is 12.1 Å². The minimum Gasteiger partial charge on any atom is -0.422 e. The summed E-state index contributed by atoms with van der Waals surface area (Å²) in [5.41, 5.74) is -0.910. The molecule has 1 aromatic carbocycles. The first kappa shape index (κ1) is 13.1. The van der Waals surface area contributed by atoms with Crippen LogP contribution < -0.4 is 4.74 Å². The van der Waals surface area contributed by atoms with Crippen LogP contribution in [0.3, 0.4) is 0 Å². The number of carbonyl (C=O) groups is 1. The molecule has 3 nitrogen and oxygen atoms in total. The highest BCUT2D eigenvalue weighted by atomic mass is 19.4. The minimum absolute atomic E-state index is 0.0828. The van der Waals surface area contributed by atoms with Gasteiger partial charge in [0.05, 0.1) is 11.1 Å². The number of halogens is 3. The Morgan fingerprint density at radius 3 is 2.47 bits per heavy atom. The van der Waals surface area contributed by atoms with Gasteiger partial charge in [-0.05, 0) is 24.3 Å². The van der Waals surface area contributed by atoms with E-state index in [0.717, 1.165) is 12.1 Å². The van der Waals surface area contributed by atoms with E-state index in [9.17, 15) is 18.0 Å². The van der Waals surface area contributed by atoms with Crippen LogP contribution in [-0.2, 0) is 6.18 Å². The van der Waals surface area contributed by atoms with Gasteiger partial charge in [0.25, 0.3) is 0 Å². The number of hydrogen-bond donors (Lipinski definition) is 0. The van der Waals surface area contributed by atoms with Crippen LogP contribution >= 0.6 is 0 Å². The second-order valence-corrected chi connectivity index (χ2v) is 3.63. The molecular weight excluding hydrogens is 259 g/mol. The van der Waals surface area contributed by atoms with Gasteiger partial charge in [0, 0.05) is 12.4 Å². The summed E-state index contributed by atoms with van der Waals surface area (Å²) in [6.45, 7) is 0. The van der Waals surface area contributed by atoms with Gasteiger partial charge in [0.15, 0.2) is 0 Å². The molecule has 0 saturated heterocycles. The Balaban J connectivity index is 2.28. The Hall–Kier alpha value is -2.37. The lowest BCUT2D eigenvalue weighted by atomic mass is 10.2. The van der Waals surface area contributed by atoms with E-state index in [-0.39, 0.29) is 5.56 Å². The summed E-state index contributed by atoms with van der Waals surface area (Å²) in [7, 11) is 0. The van der Waals surface area contributed by atoms with Crippen molar-refractivity contribution >= 4 is 5.97 Å². The summed E-state index contributed by atoms with van der Waals surface area (Å²) in [5, 5.41) is 0. The highest BCUT2D eigenvalue weighted by Crippen LogP contribution is 2.36. The molecule has 0 amide bonds. The SMILES string of the molecule is O=C(Oc1ccccc1C(F)(F)F)c1cccnc1. The number of rotatable bonds is 2. The zero-order chi connectivity index (χ0) is 13.9. The number of aromatic nitrogens is 1. The quantitative estimate of drug-likeness (QED) is 0.619. The fourth-order valence-electron chi connectivity index (χ4n) is 1.43. The number of ether oxygens (including phenoxy) is 1. The summed E-state index contributed by atoms with van der Waals surface area (Å²) in [6.07, 6.45) is -1.91. The third kappa shape index (κ3) is 3.09. The molecular formula is C13H8F3NO2. The van der Waals surface area contributed by atoms with E-state index in [1.165, 1.54) is 36.7 Å². The van der Waals surface area contributed by atoms with Crippen molar-refractivity contribution in [2.75, 3.05) is 0 Å². The Labute approximate surface area is 106 Å². The maximum atomic E-state index is 12.7. The van der Waals surface area contributed by atoms with Gasteiger partial charge in [0.2, 0.25) is 0 Å². The third-order valence-corrected chi connectivity index (χ3v) is 2.29. The zero-order valence-electron chi connectivity index (χ0n) is 9.52. The van der Waals surface area contributed by atoms with Crippen molar-refractivity contribution in [1.82, 2.24) is 4.98 Å². The topological polar surface area (TPSA) is 39.2 Å². The van der Waals surface area contributed by atoms with Crippen molar-refractivity contribution in [3.05, 3.63) is 59.9 Å². The molecule has 2 aromatic rings. The number of benzene rings is 1. The van der Waals surface area contributed by atoms with Gasteiger partial charge >= 0.3 is 12.1 Å². The number of esters is 1. The average molecular weight is 267 g/mol. The van der Waals surface area contributed by atoms with Gasteiger partial charge in [-0.25, -0.2) is 4.79 Å². The summed E-state index contributed by atoms with van der Waals surface area (Å²) in [4.78, 5) is 15.4. The molecule has 0 aliphatic carbocycles. The summed E-state index contributed by atoms with van der Waals surface area (Å²) >= 11 is 0. The first-order chi connectivity index (χ1) is 8.98. The lowest BCUT2D eigenvalue weighted by Crippen LogP contribution is -2.13. The number of hydrogen-bond acceptors (Lipinski definition) is 3. The molecule has 0 saturated carbocycles. The van der Waals surface area contributed by atoms with Crippen molar-refractivity contribution in [2.45, 2.75) is 6.18 Å². The van der Waals surface area contributed by atoms with Gasteiger partial charge in [-0.3, -0.25) is 4.98 Å². The zero-order valence-corrected chi connectivity index (χ0v) is 9.52. The Kier molecular flexibility index (Phi) is 3.50. The number of pyridine rings is 1. The molecule has 2 rings (SSSR count). The fourth-order valence-corrected chi connectivity index (χ4v) is 1.43. The van der Waals surface area contributed by atoms with E-state index in [1.54, 1.807) is 0 Å². The molecule has 0 N–H and O–H groups in total. The van der Waals surface area contributed by atoms with E-state index in [2.05, 4.69) is 4.98 Å². The predicted octanol–water partition coefficient (Wildman–Crippen LogP) is 3.32. The van der Waals surface area contributed by atoms with Crippen LogP contribution in [0.2, 0.25) is 0 Å². The molecule has 98 valence electrons. The van der Waals surface area contributed by atoms with Crippen molar-refractivity contribution in [2.24, 2.45) is 0 Å². The first-order valence-corrected chi connectivity index (χ1v) is 5.27. The smallest absolute Gasteiger partial charge is 0.419 e. The van der Waals surface area contributed by atoms with E-state index in [0.29, 0.717) is 0 Å². The van der Waals surface area contributed by atoms with Gasteiger partial charge in [-0.15, -0.1) is 0 Å². The Morgan fingerprint density at radius 1 is 1.11 bits per heavy atom. The van der Waals surface area contributed by atoms with Crippen LogP contribution in [0.4, 0.5) is 13.2 Å². The van der Waals surface area contributed by atoms with Crippen molar-refractivity contribution in [3.63, 3.8) is 0 Å². The maximum Gasteiger partial charge on any atom is 0.419 e. The number of para-hydroxylation sites is 1. The largest absolute Gasteiger partial charge is 0.422 e. The first-order valence-electron chi connectivity index (χ1n) is 5.27. The summed E-state index contributed by atoms with van der Waals surface area (Å²) in [6, 6.07) is 7.44. The van der Waals surface area contributed by atoms with Crippen LogP contribution in [0.5, 0.6) is 5.75 Å². The standard InChI is InChI=1S/C13H8F3NO2/c14-13(15,16)10-5-1-2-6-11(10)19-12(18)9-4-3-7-17-8-9/h1-8H. The van der Waals surface area contributed by atoms with Crippen LogP contribution in [0, 0.1) is 0 Å². The fraction of sp³-hybridized carbons (Fsp3) is 0.0769. The average Bonchev–Trinajstić information content (AvgIpc) is 2.39. The number of carbonyl (C=O) groups excluding carboxylic acids is 1. The van der Waals surface area contributed by atoms with Crippen molar-refractivity contribution in [1.29, 1.82) is 0 Å². The van der Waals surface area contributed by atoms with E-state index < -0.39 is 23.5 Å². The van der Waals surface area contributed by atoms with Crippen LogP contribution in [0.1, 0.15) is 15.9 Å². The molecule has 0 aliphatic rings. The highest BCUT2D eigenvalue weighted by molar-refractivity contribution is 5.90. The van der Waals surface area contributed by atoms with Crippen molar-refractivity contribution in [3.8, 4) is 5.75 Å². The Bertz CT molecular complexity index is 582. The van der Waals surface area contributed by atoms with E-state index in [4.69, 9.17) is 4.74 Å². The lowest BCUT2D eigenvalue weighted by molar-refractivity contribution is -0.138. The second kappa shape index (κ2) is 5.09. The normalized spacial score (nSPS) is 11.1. The minimum atomic E-state index is -4.58. The highest BCUT2D eigenvalue weighted by Gasteiger charge is 2.34. The molecule has 0 aliphatic heterocycles. The van der Waals surface area contributed by atoms with Crippen molar-refractivity contribution < 1.29 is 22.7 Å². The van der Waals surface area contributed by atoms with E-state index >= 15 is 0 Å². The summed E-state index contributed by atoms with van der Waals surface area (Å²) in [5.74, 6) is -1.41. The molecule has 6 heteroatoms. The van der Waals surface area contributed by atoms with Crippen LogP contribution in [-0.4, -0.2) is 11.0 Å². The second-order valence-electron chi connectivity index (χ2n) is 3.63. The summed E-state index contributed by atoms with van der Waals surface area (Å²) < 4.78 is 42.9. The van der Waals surface area contributed by atoms with Gasteiger partial charge in [-0.2, -0.15) is 13.2 Å². The Morgan fingerprint density at radius 2 is 1.84 bits per heavy atom. The van der Waals surface area contributed by atoms with Crippen LogP contribution in [0.25, 0.3) is 0 Å². The van der Waals surface area contributed by atoms with Gasteiger partial charge < -0.3 is 4.74 Å². The van der Waals surface area contributed by atoms with Crippen LogP contribution in [0.15, 0.2) is 48.8 Å². The number of nitrogens with zero attached hydrogens (tertiary/aromatic N) is 1. The molecule has 0 unspecified atom stereocenters. The van der Waals surface area contributed by atoms with E-state index in [1.807, 2.05) is 0 Å². The maximum absolute atomic E-state index is 12.7. The number of alkyl halides is 3. The predicted molar refractivity (Wildman–Crippen MR) is 60.6 cm³/mol. The molecule has 1 heterocycles. The molecule has 0 bridgehead atoms. The lowest BCUT2D eigenvalue weighted by Gasteiger charge is -2.12. The molecule has 0 radical (unpaired) electrons. The monoisotopic (exact) mass is 267 g/mol. The van der Waals surface area contributed by atoms with Gasteiger partial charge in [0.1, 0.15) is 5.75 Å². The molecule has 1 aromatic heterocycles. The molecule has 19 heavy (non-hydrogen) atoms. The molecule has 0 fully saturated rings. The molecule has 0 spiro atoms.